The van der Waals surface area contributed by atoms with Gasteiger partial charge in [-0.3, -0.25) is 4.79 Å². The number of nitrogens with one attached hydrogen (secondary N) is 1. The summed E-state index contributed by atoms with van der Waals surface area (Å²) in [4.78, 5) is 10.7. The molecule has 0 aromatic rings. The molecule has 0 aliphatic rings. The second-order valence-corrected chi connectivity index (χ2v) is 3.98. The van der Waals surface area contributed by atoms with Crippen LogP contribution in [0, 0.1) is 0 Å². The van der Waals surface area contributed by atoms with Gasteiger partial charge in [0.15, 0.2) is 11.6 Å². The zero-order valence-corrected chi connectivity index (χ0v) is 10.8. The summed E-state index contributed by atoms with van der Waals surface area (Å²) < 4.78 is 18.7. The molecule has 0 atom stereocenters. The monoisotopic (exact) mass is 241 g/mol. The van der Waals surface area contributed by atoms with Gasteiger partial charge < -0.3 is 10.1 Å². The van der Waals surface area contributed by atoms with Gasteiger partial charge in [0, 0.05) is 13.5 Å². The smallest absolute Gasteiger partial charge is 0.217 e. The number of allylic oxidation sites excluding steroid dienone is 3. The second-order valence-electron chi connectivity index (χ2n) is 3.98. The van der Waals surface area contributed by atoms with Crippen LogP contribution in [0.25, 0.3) is 0 Å². The quantitative estimate of drug-likeness (QED) is 0.573. The summed E-state index contributed by atoms with van der Waals surface area (Å²) in [6.07, 6.45) is 2.54. The van der Waals surface area contributed by atoms with E-state index in [-0.39, 0.29) is 17.8 Å². The highest BCUT2D eigenvalue weighted by Gasteiger charge is 2.05. The Kier molecular flexibility index (Phi) is 6.94. The van der Waals surface area contributed by atoms with E-state index >= 15 is 0 Å². The van der Waals surface area contributed by atoms with Crippen LogP contribution in [0.3, 0.4) is 0 Å². The van der Waals surface area contributed by atoms with Crippen LogP contribution in [0.15, 0.2) is 35.9 Å². The number of ether oxygens (including phenoxy) is 1. The van der Waals surface area contributed by atoms with E-state index in [0.717, 1.165) is 11.6 Å². The predicted molar refractivity (Wildman–Crippen MR) is 67.0 cm³/mol. The van der Waals surface area contributed by atoms with E-state index in [1.54, 1.807) is 13.0 Å². The Hall–Kier alpha value is -1.58. The van der Waals surface area contributed by atoms with E-state index in [1.807, 2.05) is 13.8 Å². The molecule has 0 aromatic carbocycles. The summed E-state index contributed by atoms with van der Waals surface area (Å²) in [6.45, 7) is 10.6. The van der Waals surface area contributed by atoms with Crippen LogP contribution in [0.1, 0.15) is 27.7 Å². The van der Waals surface area contributed by atoms with Gasteiger partial charge in [-0.1, -0.05) is 12.2 Å². The summed E-state index contributed by atoms with van der Waals surface area (Å²) in [7, 11) is 0. The molecule has 0 heterocycles. The molecule has 0 saturated carbocycles. The first-order valence-corrected chi connectivity index (χ1v) is 5.47. The van der Waals surface area contributed by atoms with Gasteiger partial charge in [-0.05, 0) is 32.9 Å². The molecular weight excluding hydrogens is 221 g/mol. The molecule has 1 amide bonds. The minimum absolute atomic E-state index is 0.125. The number of rotatable bonds is 6. The molecule has 0 fully saturated rings. The van der Waals surface area contributed by atoms with Gasteiger partial charge in [0.1, 0.15) is 0 Å². The number of hydrogen-bond acceptors (Lipinski definition) is 2. The Morgan fingerprint density at radius 2 is 2.06 bits per heavy atom. The van der Waals surface area contributed by atoms with Crippen LogP contribution in [-0.4, -0.2) is 18.6 Å². The molecule has 0 saturated heterocycles. The normalized spacial score (nSPS) is 13.2. The first-order chi connectivity index (χ1) is 7.86. The van der Waals surface area contributed by atoms with Gasteiger partial charge in [0.05, 0.1) is 6.10 Å². The minimum Gasteiger partial charge on any atom is -0.488 e. The summed E-state index contributed by atoms with van der Waals surface area (Å²) in [5.74, 6) is -0.504. The van der Waals surface area contributed by atoms with Crippen molar-refractivity contribution in [1.82, 2.24) is 5.32 Å². The Bertz CT molecular complexity index is 343. The first-order valence-electron chi connectivity index (χ1n) is 5.47. The van der Waals surface area contributed by atoms with Gasteiger partial charge >= 0.3 is 0 Å². The molecule has 0 aromatic heterocycles. The van der Waals surface area contributed by atoms with Crippen LogP contribution < -0.4 is 5.32 Å². The van der Waals surface area contributed by atoms with Crippen LogP contribution in [0.5, 0.6) is 0 Å². The van der Waals surface area contributed by atoms with Crippen molar-refractivity contribution in [3.63, 3.8) is 0 Å². The molecule has 3 nitrogen and oxygen atoms in total. The van der Waals surface area contributed by atoms with Crippen molar-refractivity contribution in [3.8, 4) is 0 Å². The summed E-state index contributed by atoms with van der Waals surface area (Å²) in [5.41, 5.74) is 0.799. The Morgan fingerprint density at radius 3 is 2.47 bits per heavy atom. The van der Waals surface area contributed by atoms with Crippen LogP contribution >= 0.6 is 0 Å². The van der Waals surface area contributed by atoms with Crippen molar-refractivity contribution in [3.05, 3.63) is 35.9 Å². The topological polar surface area (TPSA) is 38.3 Å². The van der Waals surface area contributed by atoms with Crippen molar-refractivity contribution in [1.29, 1.82) is 0 Å². The summed E-state index contributed by atoms with van der Waals surface area (Å²) >= 11 is 0. The average molecular weight is 241 g/mol. The van der Waals surface area contributed by atoms with Gasteiger partial charge in [-0.2, -0.15) is 0 Å². The fourth-order valence-corrected chi connectivity index (χ4v) is 1.05. The van der Waals surface area contributed by atoms with E-state index in [9.17, 15) is 9.18 Å². The maximum Gasteiger partial charge on any atom is 0.217 e. The fraction of sp³-hybridized carbons (Fsp3) is 0.462. The number of carbonyl (C=O) groups is 1. The van der Waals surface area contributed by atoms with Gasteiger partial charge in [0.25, 0.3) is 0 Å². The molecule has 0 radical (unpaired) electrons. The third kappa shape index (κ3) is 7.33. The van der Waals surface area contributed by atoms with Gasteiger partial charge in [-0.15, -0.1) is 0 Å². The number of amides is 1. The molecule has 0 unspecified atom stereocenters. The van der Waals surface area contributed by atoms with Crippen molar-refractivity contribution in [2.45, 2.75) is 33.8 Å². The fourth-order valence-electron chi connectivity index (χ4n) is 1.05. The largest absolute Gasteiger partial charge is 0.488 e. The van der Waals surface area contributed by atoms with E-state index in [2.05, 4.69) is 11.9 Å². The lowest BCUT2D eigenvalue weighted by Crippen LogP contribution is -2.21. The maximum absolute atomic E-state index is 13.4. The maximum atomic E-state index is 13.4. The molecule has 0 aliphatic heterocycles. The lowest BCUT2D eigenvalue weighted by Gasteiger charge is -2.12. The Labute approximate surface area is 102 Å². The summed E-state index contributed by atoms with van der Waals surface area (Å²) in [6, 6.07) is 0. The van der Waals surface area contributed by atoms with Crippen molar-refractivity contribution in [2.75, 3.05) is 6.54 Å². The van der Waals surface area contributed by atoms with E-state index in [4.69, 9.17) is 4.74 Å². The lowest BCUT2D eigenvalue weighted by molar-refractivity contribution is -0.118. The van der Waals surface area contributed by atoms with Crippen molar-refractivity contribution < 1.29 is 13.9 Å². The minimum atomic E-state index is -0.513. The molecular formula is C13H20FNO2. The van der Waals surface area contributed by atoms with Crippen LogP contribution in [-0.2, 0) is 9.53 Å². The molecule has 0 rings (SSSR count). The first kappa shape index (κ1) is 15.4. The predicted octanol–water partition coefficient (Wildman–Crippen LogP) is 2.86. The highest BCUT2D eigenvalue weighted by atomic mass is 19.1. The Morgan fingerprint density at radius 1 is 1.47 bits per heavy atom. The van der Waals surface area contributed by atoms with Crippen LogP contribution in [0.2, 0.25) is 0 Å². The lowest BCUT2D eigenvalue weighted by atomic mass is 10.2. The number of hydrogen-bond donors (Lipinski definition) is 1. The number of carbonyl (C=O) groups excluding carboxylic acids is 1. The molecule has 17 heavy (non-hydrogen) atoms. The van der Waals surface area contributed by atoms with Gasteiger partial charge in [-0.25, -0.2) is 4.39 Å². The molecule has 0 spiro atoms. The second kappa shape index (κ2) is 7.65. The molecule has 0 aliphatic carbocycles. The SMILES string of the molecule is C=C/C(F)=C(\C=C(\C)CNC(C)=O)OC(C)C. The van der Waals surface area contributed by atoms with Crippen molar-refractivity contribution in [2.24, 2.45) is 0 Å². The van der Waals surface area contributed by atoms with Crippen LogP contribution in [0.4, 0.5) is 4.39 Å². The third-order valence-electron chi connectivity index (χ3n) is 1.77. The Balaban J connectivity index is 4.78. The molecule has 96 valence electrons. The van der Waals surface area contributed by atoms with E-state index < -0.39 is 5.83 Å². The standard InChI is InChI=1S/C13H20FNO2/c1-6-12(14)13(17-9(2)3)7-10(4)8-15-11(5)16/h6-7,9H,1,8H2,2-5H3,(H,15,16)/b10-7-,13-12-. The highest BCUT2D eigenvalue weighted by molar-refractivity contribution is 5.73. The zero-order valence-electron chi connectivity index (χ0n) is 10.8. The van der Waals surface area contributed by atoms with Crippen molar-refractivity contribution >= 4 is 5.91 Å². The molecule has 0 bridgehead atoms. The van der Waals surface area contributed by atoms with E-state index in [1.165, 1.54) is 6.92 Å². The highest BCUT2D eigenvalue weighted by Crippen LogP contribution is 2.14. The van der Waals surface area contributed by atoms with E-state index in [0.29, 0.717) is 6.54 Å². The molecule has 4 heteroatoms. The summed E-state index contributed by atoms with van der Waals surface area (Å²) in [5, 5.41) is 2.63. The average Bonchev–Trinajstić information content (AvgIpc) is 2.23. The zero-order chi connectivity index (χ0) is 13.4. The number of halogens is 1. The third-order valence-corrected chi connectivity index (χ3v) is 1.77. The van der Waals surface area contributed by atoms with Gasteiger partial charge in [0.2, 0.25) is 5.91 Å². The molecule has 1 N–H and O–H groups in total.